The number of amides is 14. The molecular formula is C87H128AlFN24O26S+2. The third kappa shape index (κ3) is 48.1. The summed E-state index contributed by atoms with van der Waals surface area (Å²) in [5, 5.41) is 108. The Morgan fingerprint density at radius 1 is 0.436 bits per heavy atom. The van der Waals surface area contributed by atoms with Gasteiger partial charge in [0.05, 0.1) is 72.1 Å². The number of aliphatic carboxylic acids is 4. The number of carbonyl (C=O) groups is 18. The molecular weight excluding hydrogens is 1870 g/mol. The summed E-state index contributed by atoms with van der Waals surface area (Å²) in [4.78, 5) is 245. The molecule has 3 saturated heterocycles. The van der Waals surface area contributed by atoms with Gasteiger partial charge in [0.25, 0.3) is 0 Å². The molecule has 3 aromatic carbocycles. The van der Waals surface area contributed by atoms with Crippen LogP contribution in [0.3, 0.4) is 0 Å². The van der Waals surface area contributed by atoms with Crippen LogP contribution >= 0.6 is 12.2 Å². The molecule has 3 aliphatic rings. The first-order chi connectivity index (χ1) is 66.0. The van der Waals surface area contributed by atoms with Crippen LogP contribution in [0.2, 0.25) is 0 Å². The minimum atomic E-state index is -1.74. The number of unbranched alkanes of at least 4 members (excludes halogenated alkanes) is 2. The number of nitrogens with two attached hydrogens (primary N) is 2. The first-order valence-corrected chi connectivity index (χ1v) is 45.6. The van der Waals surface area contributed by atoms with Gasteiger partial charge in [0.2, 0.25) is 76.8 Å². The predicted octanol–water partition coefficient (Wildman–Crippen LogP) is -9.35. The molecule has 6 rings (SSSR count). The molecule has 3 aliphatic heterocycles. The van der Waals surface area contributed by atoms with Crippen molar-refractivity contribution in [2.24, 2.45) is 11.5 Å². The Bertz CT molecular complexity index is 4630. The fourth-order valence-electron chi connectivity index (χ4n) is 14.7. The van der Waals surface area contributed by atoms with Crippen molar-refractivity contribution < 1.29 is 131 Å². The predicted molar refractivity (Wildman–Crippen MR) is 503 cm³/mol. The number of carbonyl (C=O) groups excluding carboxylic acids is 13. The second-order valence-corrected chi connectivity index (χ2v) is 33.1. The summed E-state index contributed by atoms with van der Waals surface area (Å²) in [6.45, 7) is -1.44. The van der Waals surface area contributed by atoms with E-state index < -0.39 is 200 Å². The average molecular weight is 2000 g/mol. The Hall–Kier alpha value is -13.6. The maximum Gasteiger partial charge on any atom is 3.00 e. The number of guanidine groups is 2. The molecule has 14 amide bonds. The van der Waals surface area contributed by atoms with Gasteiger partial charge in [-0.3, -0.25) is 102 Å². The molecule has 0 radical (unpaired) electrons. The Labute approximate surface area is 822 Å². The third-order valence-electron chi connectivity index (χ3n) is 21.8. The van der Waals surface area contributed by atoms with E-state index in [1.807, 2.05) is 12.1 Å². The van der Waals surface area contributed by atoms with Crippen molar-refractivity contribution in [3.05, 3.63) is 102 Å². The van der Waals surface area contributed by atoms with Gasteiger partial charge in [-0.1, -0.05) is 72.8 Å². The van der Waals surface area contributed by atoms with Crippen LogP contribution in [0.5, 0.6) is 0 Å². The van der Waals surface area contributed by atoms with Crippen LogP contribution in [-0.4, -0.2) is 373 Å². The molecule has 3 heterocycles. The second-order valence-electron chi connectivity index (χ2n) is 32.7. The molecule has 2 unspecified atom stereocenters. The number of benzene rings is 3. The fraction of sp³-hybridized carbons (Fsp3) is 0.552. The minimum absolute atomic E-state index is 0. The van der Waals surface area contributed by atoms with Gasteiger partial charge in [-0.15, -0.1) is 0 Å². The van der Waals surface area contributed by atoms with E-state index in [0.717, 1.165) is 5.56 Å². The molecule has 53 heteroatoms. The van der Waals surface area contributed by atoms with E-state index in [-0.39, 0.29) is 241 Å². The number of rotatable bonds is 49. The van der Waals surface area contributed by atoms with Crippen LogP contribution in [0.1, 0.15) is 113 Å². The zero-order valence-corrected chi connectivity index (χ0v) is 79.4. The van der Waals surface area contributed by atoms with E-state index in [2.05, 4.69) is 90.4 Å². The number of thiocarbonyl (C=S) groups is 1. The Kier molecular flexibility index (Phi) is 55.4. The van der Waals surface area contributed by atoms with Crippen molar-refractivity contribution in [3.8, 4) is 0 Å². The van der Waals surface area contributed by atoms with Gasteiger partial charge in [-0.25, -0.2) is 4.79 Å². The molecule has 0 bridgehead atoms. The summed E-state index contributed by atoms with van der Waals surface area (Å²) in [6.07, 6.45) is -3.31. The summed E-state index contributed by atoms with van der Waals surface area (Å²) >= 11 is 5.49. The quantitative estimate of drug-likeness (QED) is 0.00821. The summed E-state index contributed by atoms with van der Waals surface area (Å²) in [5.41, 5.74) is 13.4. The van der Waals surface area contributed by atoms with E-state index in [0.29, 0.717) is 29.7 Å². The Morgan fingerprint density at radius 3 is 1.33 bits per heavy atom. The monoisotopic (exact) mass is 2000 g/mol. The molecule has 0 aliphatic carbocycles. The Balaban J connectivity index is 0.0000204. The maximum atomic E-state index is 14.5. The molecule has 3 fully saturated rings. The van der Waals surface area contributed by atoms with E-state index in [1.54, 1.807) is 82.6 Å². The first-order valence-electron chi connectivity index (χ1n) is 45.2. The normalized spacial score (nSPS) is 19.8. The van der Waals surface area contributed by atoms with Crippen molar-refractivity contribution in [2.75, 3.05) is 137 Å². The summed E-state index contributed by atoms with van der Waals surface area (Å²) in [7, 11) is 0. The molecule has 28 N–H and O–H groups in total. The summed E-state index contributed by atoms with van der Waals surface area (Å²) in [5.74, 6) is -17.6. The molecule has 766 valence electrons. The molecule has 0 spiro atoms. The SMILES string of the molecule is N=C(N)NCCC[C@@H]1NC(=O)[C@H](CCCCNC(=O)CCC(NC(=O)COCCOCCOCCNC(=S)Nc2ccc(CC3CCN(C(=O)O)CCN(CC(=O)O)CCN3CC(=O)O)cc2)C(=O)NCCCC[C@@H]2NC(=O)[C@H](Cc3ccccc3)NC(=O)[C@H](CC(=O)O)NC(=O)CNC(=O)[C@H](CCCNC(=N)N)NC2=O)NC(=O)[C@H](Cc2ccccc2)NC(=O)[C@H](CC(=O)O)NC(=O)CNC1=O.[18F-].[Al+3]. The van der Waals surface area contributed by atoms with Crippen LogP contribution in [-0.2, 0) is 115 Å². The smallest absolute Gasteiger partial charge is 1.00 e. The van der Waals surface area contributed by atoms with Gasteiger partial charge < -0.3 is 151 Å². The van der Waals surface area contributed by atoms with Crippen LogP contribution in [0.25, 0.3) is 0 Å². The summed E-state index contributed by atoms with van der Waals surface area (Å²) in [6, 6.07) is 9.96. The number of nitrogens with one attached hydrogen (secondary N) is 19. The van der Waals surface area contributed by atoms with Crippen molar-refractivity contribution in [2.45, 2.75) is 176 Å². The first kappa shape index (κ1) is 119. The summed E-state index contributed by atoms with van der Waals surface area (Å²) < 4.78 is 16.9. The molecule has 140 heavy (non-hydrogen) atoms. The third-order valence-corrected chi connectivity index (χ3v) is 22.1. The van der Waals surface area contributed by atoms with Crippen LogP contribution < -0.4 is 107 Å². The van der Waals surface area contributed by atoms with Gasteiger partial charge in [0.1, 0.15) is 61.0 Å². The van der Waals surface area contributed by atoms with E-state index in [9.17, 15) is 112 Å². The topological polar surface area (TPSA) is 750 Å². The van der Waals surface area contributed by atoms with Crippen LogP contribution in [0.15, 0.2) is 84.9 Å². The largest absolute Gasteiger partial charge is 3.00 e. The second kappa shape index (κ2) is 65.3. The molecule has 10 atom stereocenters. The standard InChI is InChI=1S/C87H128N24O26S.Al.FH/c88-84(89)94-30-11-19-58-76(125)97-48-68(113)101-65(46-71(116)117)82(131)107-63(44-53-13-3-1-4-14-53)80(129)105-60(78(127)103-58)17-7-9-28-92-67(112)26-25-62(75(124)93-29-10-8-18-61-79(128)104-59(20-12-31-95-85(90)91)77(126)98-49-69(114)102-66(47-72(118)119)83(132)108-64(81(130)106-61)45-54-15-5-2-6-16-54)100-70(115)52-137-42-41-136-40-39-135-38-32-96-86(138)99-56-23-21-55(22-24-56)43-57-27-33-110(87(133)134)36-34-109(50-73(120)121)35-37-111(57)51-74(122)123;;/h1-6,13-16,21-24,57-66H,7-12,17-20,25-52H2,(H,92,112)(H,93,124)(H,97,125)(H,98,126)(H,100,115)(H,101,113)(H,102,114)(H,103,127)(H,104,128)(H,105,129)(H,106,130)(H,107,131)(H,108,132)(H,116,117)(H,118,119)(H,120,121)(H,122,123)(H,133,134)(H4,88,89,94)(H4,90,91,95)(H2,96,99,138);;1H/q;+3;/p-1/t57?,58-,59-,60-,61-,62?,63-,64-,65-,66-;;/m0../s1/i;;1-1. The van der Waals surface area contributed by atoms with Gasteiger partial charge >= 0.3 is 47.3 Å². The van der Waals surface area contributed by atoms with Crippen molar-refractivity contribution >= 4 is 159 Å². The molecule has 50 nitrogen and oxygen atoms in total. The molecule has 3 aromatic rings. The van der Waals surface area contributed by atoms with Gasteiger partial charge in [0, 0.05) is 96.4 Å². The van der Waals surface area contributed by atoms with Crippen molar-refractivity contribution in [3.63, 3.8) is 0 Å². The number of hydrogen-bond acceptors (Lipinski definition) is 26. The van der Waals surface area contributed by atoms with Crippen molar-refractivity contribution in [1.29, 1.82) is 10.8 Å². The maximum absolute atomic E-state index is 14.5. The zero-order chi connectivity index (χ0) is 101. The van der Waals surface area contributed by atoms with E-state index >= 15 is 0 Å². The number of anilines is 1. The van der Waals surface area contributed by atoms with Gasteiger partial charge in [0.15, 0.2) is 17.0 Å². The number of ether oxygens (including phenoxy) is 3. The van der Waals surface area contributed by atoms with E-state index in [4.69, 9.17) is 48.7 Å². The van der Waals surface area contributed by atoms with Gasteiger partial charge in [-0.2, -0.15) is 0 Å². The number of carboxylic acids is 4. The number of halogens is 1. The average Bonchev–Trinajstić information content (AvgIpc) is 1.56. The number of nitrogens with zero attached hydrogens (tertiary/aromatic N) is 3. The zero-order valence-electron chi connectivity index (χ0n) is 77.4. The Morgan fingerprint density at radius 2 is 0.857 bits per heavy atom. The molecule has 0 aromatic heterocycles. The fourth-order valence-corrected chi connectivity index (χ4v) is 14.9. The number of hydrogen-bond donors (Lipinski definition) is 26. The van der Waals surface area contributed by atoms with E-state index in [1.165, 1.54) is 4.90 Å². The van der Waals surface area contributed by atoms with Crippen molar-refractivity contribution in [1.82, 2.24) is 99.8 Å². The number of carboxylic acid groups (broad SMARTS) is 5. The minimum Gasteiger partial charge on any atom is -1.00 e. The molecule has 0 saturated carbocycles. The van der Waals surface area contributed by atoms with Crippen LogP contribution in [0.4, 0.5) is 10.5 Å². The van der Waals surface area contributed by atoms with Gasteiger partial charge in [-0.05, 0) is 125 Å². The van der Waals surface area contributed by atoms with Crippen LogP contribution in [0, 0.1) is 10.8 Å².